The molecule has 2 atom stereocenters. The lowest BCUT2D eigenvalue weighted by atomic mass is 9.87. The van der Waals surface area contributed by atoms with Gasteiger partial charge in [-0.05, 0) is 32.6 Å². The molecule has 1 fully saturated rings. The fourth-order valence-corrected chi connectivity index (χ4v) is 2.97. The Morgan fingerprint density at radius 2 is 2.12 bits per heavy atom. The van der Waals surface area contributed by atoms with E-state index < -0.39 is 0 Å². The number of hydrogen-bond donors (Lipinski definition) is 1. The molecule has 0 bridgehead atoms. The number of aryl methyl sites for hydroxylation is 1. The van der Waals surface area contributed by atoms with E-state index in [1.165, 1.54) is 36.9 Å². The first-order chi connectivity index (χ1) is 7.63. The lowest BCUT2D eigenvalue weighted by molar-refractivity contribution is 0.263. The van der Waals surface area contributed by atoms with Crippen LogP contribution >= 0.6 is 0 Å². The molecule has 3 nitrogen and oxygen atoms in total. The van der Waals surface area contributed by atoms with Gasteiger partial charge in [-0.2, -0.15) is 5.10 Å². The van der Waals surface area contributed by atoms with Crippen LogP contribution in [0.5, 0.6) is 0 Å². The van der Waals surface area contributed by atoms with E-state index in [1.54, 1.807) is 0 Å². The number of hydrogen-bond acceptors (Lipinski definition) is 2. The van der Waals surface area contributed by atoms with Crippen LogP contribution in [0.2, 0.25) is 0 Å². The van der Waals surface area contributed by atoms with Crippen molar-refractivity contribution in [1.29, 1.82) is 0 Å². The molecule has 1 aromatic rings. The van der Waals surface area contributed by atoms with Gasteiger partial charge in [-0.25, -0.2) is 0 Å². The molecular weight excluding hydrogens is 198 g/mol. The second-order valence-corrected chi connectivity index (χ2v) is 5.22. The van der Waals surface area contributed by atoms with E-state index in [4.69, 9.17) is 5.73 Å². The van der Waals surface area contributed by atoms with Gasteiger partial charge in [0.15, 0.2) is 0 Å². The Bertz CT molecular complexity index is 367. The van der Waals surface area contributed by atoms with Crippen molar-refractivity contribution in [2.75, 3.05) is 0 Å². The summed E-state index contributed by atoms with van der Waals surface area (Å²) < 4.78 is 2.23. The van der Waals surface area contributed by atoms with Crippen LogP contribution in [0.1, 0.15) is 55.6 Å². The minimum absolute atomic E-state index is 0.600. The molecule has 2 rings (SSSR count). The predicted molar refractivity (Wildman–Crippen MR) is 66.3 cm³/mol. The van der Waals surface area contributed by atoms with Crippen molar-refractivity contribution in [3.8, 4) is 0 Å². The van der Waals surface area contributed by atoms with Gasteiger partial charge in [-0.1, -0.05) is 19.8 Å². The average Bonchev–Trinajstić information content (AvgIpc) is 2.54. The maximum Gasteiger partial charge on any atom is 0.0641 e. The van der Waals surface area contributed by atoms with E-state index in [0.29, 0.717) is 12.6 Å². The van der Waals surface area contributed by atoms with Gasteiger partial charge in [-0.3, -0.25) is 4.68 Å². The molecule has 0 spiro atoms. The molecule has 90 valence electrons. The number of rotatable bonds is 2. The molecule has 1 aromatic heterocycles. The molecule has 2 N–H and O–H groups in total. The first-order valence-electron chi connectivity index (χ1n) is 6.38. The summed E-state index contributed by atoms with van der Waals surface area (Å²) in [7, 11) is 0. The quantitative estimate of drug-likeness (QED) is 0.834. The van der Waals surface area contributed by atoms with Gasteiger partial charge in [0.25, 0.3) is 0 Å². The van der Waals surface area contributed by atoms with Crippen LogP contribution in [-0.2, 0) is 6.54 Å². The molecule has 1 heterocycles. The van der Waals surface area contributed by atoms with Crippen molar-refractivity contribution < 1.29 is 0 Å². The summed E-state index contributed by atoms with van der Waals surface area (Å²) in [4.78, 5) is 0. The third-order valence-corrected chi connectivity index (χ3v) is 3.93. The summed E-state index contributed by atoms with van der Waals surface area (Å²) in [5.74, 6) is 0.837. The Kier molecular flexibility index (Phi) is 3.33. The first kappa shape index (κ1) is 11.6. The third kappa shape index (κ3) is 2.01. The molecule has 0 aromatic carbocycles. The molecular formula is C13H23N3. The van der Waals surface area contributed by atoms with E-state index in [1.807, 2.05) is 0 Å². The summed E-state index contributed by atoms with van der Waals surface area (Å²) in [6, 6.07) is 0.600. The van der Waals surface area contributed by atoms with Gasteiger partial charge in [0.1, 0.15) is 0 Å². The normalized spacial score (nSPS) is 26.0. The van der Waals surface area contributed by atoms with Crippen molar-refractivity contribution >= 4 is 0 Å². The summed E-state index contributed by atoms with van der Waals surface area (Å²) in [5, 5.41) is 4.68. The first-order valence-corrected chi connectivity index (χ1v) is 6.38. The van der Waals surface area contributed by atoms with Gasteiger partial charge >= 0.3 is 0 Å². The number of nitrogens with zero attached hydrogens (tertiary/aromatic N) is 2. The molecule has 0 saturated heterocycles. The van der Waals surface area contributed by atoms with Crippen LogP contribution in [0.25, 0.3) is 0 Å². The Labute approximate surface area is 98.0 Å². The van der Waals surface area contributed by atoms with Crippen LogP contribution in [-0.4, -0.2) is 9.78 Å². The highest BCUT2D eigenvalue weighted by Gasteiger charge is 2.23. The molecule has 0 aliphatic heterocycles. The molecule has 1 aliphatic carbocycles. The van der Waals surface area contributed by atoms with Crippen LogP contribution in [0.3, 0.4) is 0 Å². The Balaban J connectivity index is 2.26. The molecule has 0 radical (unpaired) electrons. The van der Waals surface area contributed by atoms with E-state index in [2.05, 4.69) is 30.6 Å². The van der Waals surface area contributed by atoms with Gasteiger partial charge in [0.2, 0.25) is 0 Å². The molecule has 3 heteroatoms. The van der Waals surface area contributed by atoms with E-state index in [-0.39, 0.29) is 0 Å². The number of aromatic nitrogens is 2. The van der Waals surface area contributed by atoms with E-state index in [9.17, 15) is 0 Å². The Morgan fingerprint density at radius 1 is 1.38 bits per heavy atom. The lowest BCUT2D eigenvalue weighted by Gasteiger charge is -2.28. The molecule has 1 aliphatic rings. The van der Waals surface area contributed by atoms with Gasteiger partial charge in [0.05, 0.1) is 11.7 Å². The third-order valence-electron chi connectivity index (χ3n) is 3.93. The Morgan fingerprint density at radius 3 is 2.69 bits per heavy atom. The van der Waals surface area contributed by atoms with Gasteiger partial charge in [-0.15, -0.1) is 0 Å². The van der Waals surface area contributed by atoms with Crippen LogP contribution < -0.4 is 5.73 Å². The lowest BCUT2D eigenvalue weighted by Crippen LogP contribution is -2.19. The maximum atomic E-state index is 5.77. The van der Waals surface area contributed by atoms with Crippen molar-refractivity contribution in [3.05, 3.63) is 17.0 Å². The number of nitrogens with two attached hydrogens (primary N) is 1. The predicted octanol–water partition coefficient (Wildman–Crippen LogP) is 2.71. The summed E-state index contributed by atoms with van der Waals surface area (Å²) >= 11 is 0. The zero-order valence-electron chi connectivity index (χ0n) is 10.7. The topological polar surface area (TPSA) is 43.8 Å². The van der Waals surface area contributed by atoms with Crippen LogP contribution in [0.4, 0.5) is 0 Å². The summed E-state index contributed by atoms with van der Waals surface area (Å²) in [6.07, 6.45) is 5.25. The van der Waals surface area contributed by atoms with Crippen LogP contribution in [0, 0.1) is 19.8 Å². The van der Waals surface area contributed by atoms with Crippen molar-refractivity contribution in [3.63, 3.8) is 0 Å². The maximum absolute atomic E-state index is 5.77. The van der Waals surface area contributed by atoms with Gasteiger partial charge < -0.3 is 5.73 Å². The minimum atomic E-state index is 0.600. The molecule has 16 heavy (non-hydrogen) atoms. The largest absolute Gasteiger partial charge is 0.326 e. The highest BCUT2D eigenvalue weighted by atomic mass is 15.3. The summed E-state index contributed by atoms with van der Waals surface area (Å²) in [6.45, 7) is 7.18. The SMILES string of the molecule is Cc1nn(C2CCCC(C)C2)c(C)c1CN. The highest BCUT2D eigenvalue weighted by molar-refractivity contribution is 5.24. The van der Waals surface area contributed by atoms with E-state index >= 15 is 0 Å². The molecule has 2 unspecified atom stereocenters. The van der Waals surface area contributed by atoms with E-state index in [0.717, 1.165) is 11.6 Å². The average molecular weight is 221 g/mol. The van der Waals surface area contributed by atoms with Gasteiger partial charge in [0, 0.05) is 17.8 Å². The zero-order chi connectivity index (χ0) is 11.7. The molecule has 1 saturated carbocycles. The smallest absolute Gasteiger partial charge is 0.0641 e. The Hall–Kier alpha value is -0.830. The zero-order valence-corrected chi connectivity index (χ0v) is 10.7. The van der Waals surface area contributed by atoms with Crippen molar-refractivity contribution in [1.82, 2.24) is 9.78 Å². The molecule has 0 amide bonds. The fourth-order valence-electron chi connectivity index (χ4n) is 2.97. The highest BCUT2D eigenvalue weighted by Crippen LogP contribution is 2.33. The second-order valence-electron chi connectivity index (χ2n) is 5.22. The second kappa shape index (κ2) is 4.58. The standard InChI is InChI=1S/C13H23N3/c1-9-5-4-6-12(7-9)16-11(3)13(8-14)10(2)15-16/h9,12H,4-8,14H2,1-3H3. The van der Waals surface area contributed by atoms with Crippen molar-refractivity contribution in [2.45, 2.75) is 59.0 Å². The monoisotopic (exact) mass is 221 g/mol. The fraction of sp³-hybridized carbons (Fsp3) is 0.769. The summed E-state index contributed by atoms with van der Waals surface area (Å²) in [5.41, 5.74) is 9.39. The van der Waals surface area contributed by atoms with Crippen molar-refractivity contribution in [2.24, 2.45) is 11.7 Å². The van der Waals surface area contributed by atoms with Crippen LogP contribution in [0.15, 0.2) is 0 Å². The minimum Gasteiger partial charge on any atom is -0.326 e.